The molecular weight excluding hydrogens is 356 g/mol. The molecule has 0 saturated carbocycles. The highest BCUT2D eigenvalue weighted by Gasteiger charge is 2.18. The van der Waals surface area contributed by atoms with Crippen LogP contribution in [0.3, 0.4) is 0 Å². The van der Waals surface area contributed by atoms with Crippen LogP contribution in [0.5, 0.6) is 11.5 Å². The van der Waals surface area contributed by atoms with Crippen LogP contribution in [0, 0.1) is 13.8 Å². The number of carbonyl (C=O) groups is 2. The minimum atomic E-state index is -0.443. The summed E-state index contributed by atoms with van der Waals surface area (Å²) in [5, 5.41) is 0. The zero-order chi connectivity index (χ0) is 20.1. The molecule has 0 spiro atoms. The van der Waals surface area contributed by atoms with Gasteiger partial charge in [-0.15, -0.1) is 0 Å². The predicted octanol–water partition coefficient (Wildman–Crippen LogP) is 2.96. The molecule has 6 heteroatoms. The molecule has 0 N–H and O–H groups in total. The van der Waals surface area contributed by atoms with E-state index in [0.717, 1.165) is 43.0 Å². The fourth-order valence-corrected chi connectivity index (χ4v) is 3.32. The van der Waals surface area contributed by atoms with Crippen molar-refractivity contribution < 1.29 is 19.1 Å². The Morgan fingerprint density at radius 2 is 1.50 bits per heavy atom. The number of ether oxygens (including phenoxy) is 2. The molecular formula is C22H26N2O4. The van der Waals surface area contributed by atoms with Gasteiger partial charge in [0.2, 0.25) is 5.91 Å². The number of amides is 1. The average molecular weight is 382 g/mol. The number of rotatable bonds is 5. The first-order valence-electron chi connectivity index (χ1n) is 9.43. The summed E-state index contributed by atoms with van der Waals surface area (Å²) in [5.41, 5.74) is 3.22. The molecule has 148 valence electrons. The van der Waals surface area contributed by atoms with E-state index in [1.165, 1.54) is 0 Å². The van der Waals surface area contributed by atoms with Gasteiger partial charge in [-0.3, -0.25) is 4.79 Å². The Kier molecular flexibility index (Phi) is 6.19. The third-order valence-electron chi connectivity index (χ3n) is 4.71. The molecule has 0 unspecified atom stereocenters. The summed E-state index contributed by atoms with van der Waals surface area (Å²) in [4.78, 5) is 27.5. The summed E-state index contributed by atoms with van der Waals surface area (Å²) in [6.07, 6.45) is 0. The number of benzene rings is 2. The lowest BCUT2D eigenvalue weighted by Crippen LogP contribution is -2.48. The maximum absolute atomic E-state index is 12.0. The van der Waals surface area contributed by atoms with Crippen molar-refractivity contribution in [2.24, 2.45) is 0 Å². The van der Waals surface area contributed by atoms with Gasteiger partial charge in [0.05, 0.1) is 0 Å². The van der Waals surface area contributed by atoms with Gasteiger partial charge in [-0.05, 0) is 61.4 Å². The van der Waals surface area contributed by atoms with Gasteiger partial charge in [-0.25, -0.2) is 4.79 Å². The van der Waals surface area contributed by atoms with Crippen LogP contribution >= 0.6 is 0 Å². The topological polar surface area (TPSA) is 59.1 Å². The highest BCUT2D eigenvalue weighted by Crippen LogP contribution is 2.21. The summed E-state index contributed by atoms with van der Waals surface area (Å²) in [7, 11) is 0. The lowest BCUT2D eigenvalue weighted by molar-refractivity contribution is -0.136. The largest absolute Gasteiger partial charge is 0.482 e. The first-order chi connectivity index (χ1) is 13.4. The van der Waals surface area contributed by atoms with Crippen molar-refractivity contribution in [2.45, 2.75) is 20.8 Å². The maximum Gasteiger partial charge on any atom is 0.349 e. The summed E-state index contributed by atoms with van der Waals surface area (Å²) in [6.45, 7) is 8.47. The van der Waals surface area contributed by atoms with Crippen LogP contribution in [0.2, 0.25) is 0 Å². The Bertz CT molecular complexity index is 820. The Morgan fingerprint density at radius 1 is 0.893 bits per heavy atom. The van der Waals surface area contributed by atoms with Gasteiger partial charge in [-0.1, -0.05) is 6.07 Å². The molecule has 0 bridgehead atoms. The monoisotopic (exact) mass is 382 g/mol. The molecule has 0 aromatic heterocycles. The van der Waals surface area contributed by atoms with Gasteiger partial charge in [0.25, 0.3) is 0 Å². The predicted molar refractivity (Wildman–Crippen MR) is 108 cm³/mol. The van der Waals surface area contributed by atoms with E-state index in [1.807, 2.05) is 49.1 Å². The van der Waals surface area contributed by atoms with Crippen molar-refractivity contribution in [1.82, 2.24) is 4.90 Å². The Labute approximate surface area is 165 Å². The van der Waals surface area contributed by atoms with Crippen molar-refractivity contribution in [3.05, 3.63) is 53.6 Å². The Hall–Kier alpha value is -3.02. The van der Waals surface area contributed by atoms with Crippen molar-refractivity contribution in [3.8, 4) is 11.5 Å². The van der Waals surface area contributed by atoms with E-state index in [1.54, 1.807) is 19.1 Å². The van der Waals surface area contributed by atoms with Crippen LogP contribution in [-0.4, -0.2) is 49.6 Å². The van der Waals surface area contributed by atoms with Gasteiger partial charge in [-0.2, -0.15) is 0 Å². The quantitative estimate of drug-likeness (QED) is 0.588. The van der Waals surface area contributed by atoms with Gasteiger partial charge in [0.15, 0.2) is 6.61 Å². The number of nitrogens with zero attached hydrogens (tertiary/aromatic N) is 2. The van der Waals surface area contributed by atoms with Crippen molar-refractivity contribution >= 4 is 17.6 Å². The van der Waals surface area contributed by atoms with E-state index >= 15 is 0 Å². The highest BCUT2D eigenvalue weighted by atomic mass is 16.6. The molecule has 0 atom stereocenters. The van der Waals surface area contributed by atoms with Crippen LogP contribution in [0.15, 0.2) is 42.5 Å². The van der Waals surface area contributed by atoms with Crippen LogP contribution in [-0.2, 0) is 9.59 Å². The standard InChI is InChI=1S/C22H26N2O4/c1-16-12-17(2)14-21(13-16)27-15-22(26)28-20-6-4-19(5-7-20)24-10-8-23(9-11-24)18(3)25/h4-7,12-14H,8-11,15H2,1-3H3. The average Bonchev–Trinajstić information content (AvgIpc) is 2.66. The van der Waals surface area contributed by atoms with Gasteiger partial charge < -0.3 is 19.3 Å². The molecule has 28 heavy (non-hydrogen) atoms. The van der Waals surface area contributed by atoms with Crippen molar-refractivity contribution in [3.63, 3.8) is 0 Å². The fraction of sp³-hybridized carbons (Fsp3) is 0.364. The summed E-state index contributed by atoms with van der Waals surface area (Å²) >= 11 is 0. The Morgan fingerprint density at radius 3 is 2.07 bits per heavy atom. The van der Waals surface area contributed by atoms with E-state index in [4.69, 9.17) is 9.47 Å². The number of aryl methyl sites for hydroxylation is 2. The minimum absolute atomic E-state index is 0.116. The second kappa shape index (κ2) is 8.78. The molecule has 6 nitrogen and oxygen atoms in total. The molecule has 0 aliphatic carbocycles. The van der Waals surface area contributed by atoms with Crippen LogP contribution in [0.4, 0.5) is 5.69 Å². The first kappa shape index (κ1) is 19.7. The second-order valence-electron chi connectivity index (χ2n) is 7.07. The van der Waals surface area contributed by atoms with Crippen LogP contribution < -0.4 is 14.4 Å². The van der Waals surface area contributed by atoms with Crippen LogP contribution in [0.1, 0.15) is 18.1 Å². The zero-order valence-electron chi connectivity index (χ0n) is 16.6. The minimum Gasteiger partial charge on any atom is -0.482 e. The molecule has 2 aromatic carbocycles. The van der Waals surface area contributed by atoms with E-state index in [2.05, 4.69) is 4.90 Å². The number of hydrogen-bond donors (Lipinski definition) is 0. The normalized spacial score (nSPS) is 14.0. The number of hydrogen-bond acceptors (Lipinski definition) is 5. The number of carbonyl (C=O) groups excluding carboxylic acids is 2. The van der Waals surface area contributed by atoms with E-state index in [-0.39, 0.29) is 12.5 Å². The lowest BCUT2D eigenvalue weighted by atomic mass is 10.1. The molecule has 1 heterocycles. The van der Waals surface area contributed by atoms with Crippen molar-refractivity contribution in [2.75, 3.05) is 37.7 Å². The first-order valence-corrected chi connectivity index (χ1v) is 9.43. The smallest absolute Gasteiger partial charge is 0.349 e. The van der Waals surface area contributed by atoms with Gasteiger partial charge in [0, 0.05) is 38.8 Å². The SMILES string of the molecule is CC(=O)N1CCN(c2ccc(OC(=O)COc3cc(C)cc(C)c3)cc2)CC1. The third-order valence-corrected chi connectivity index (χ3v) is 4.71. The van der Waals surface area contributed by atoms with Crippen LogP contribution in [0.25, 0.3) is 0 Å². The third kappa shape index (κ3) is 5.25. The maximum atomic E-state index is 12.0. The van der Waals surface area contributed by atoms with E-state index in [9.17, 15) is 9.59 Å². The number of anilines is 1. The Balaban J connectivity index is 1.50. The zero-order valence-corrected chi connectivity index (χ0v) is 16.6. The molecule has 1 amide bonds. The summed E-state index contributed by atoms with van der Waals surface area (Å²) in [5.74, 6) is 0.821. The molecule has 1 saturated heterocycles. The molecule has 1 aliphatic heterocycles. The highest BCUT2D eigenvalue weighted by molar-refractivity contribution is 5.74. The number of esters is 1. The fourth-order valence-electron chi connectivity index (χ4n) is 3.32. The molecule has 0 radical (unpaired) electrons. The molecule has 1 fully saturated rings. The second-order valence-corrected chi connectivity index (χ2v) is 7.07. The summed E-state index contributed by atoms with van der Waals surface area (Å²) in [6, 6.07) is 13.2. The molecule has 3 rings (SSSR count). The van der Waals surface area contributed by atoms with E-state index < -0.39 is 5.97 Å². The lowest BCUT2D eigenvalue weighted by Gasteiger charge is -2.35. The van der Waals surface area contributed by atoms with Crippen molar-refractivity contribution in [1.29, 1.82) is 0 Å². The molecule has 2 aromatic rings. The van der Waals surface area contributed by atoms with Gasteiger partial charge >= 0.3 is 5.97 Å². The summed E-state index contributed by atoms with van der Waals surface area (Å²) < 4.78 is 10.9. The molecule has 1 aliphatic rings. The number of piperazine rings is 1. The van der Waals surface area contributed by atoms with E-state index in [0.29, 0.717) is 11.5 Å². The van der Waals surface area contributed by atoms with Gasteiger partial charge in [0.1, 0.15) is 11.5 Å².